The summed E-state index contributed by atoms with van der Waals surface area (Å²) in [5.74, 6) is 1.02. The minimum Gasteiger partial charge on any atom is -0.489 e. The van der Waals surface area contributed by atoms with E-state index in [1.165, 1.54) is 0 Å². The maximum atomic E-state index is 9.38. The van der Waals surface area contributed by atoms with Crippen LogP contribution in [0.4, 0.5) is 5.69 Å². The highest BCUT2D eigenvalue weighted by atomic mass is 35.5. The molecule has 0 aliphatic carbocycles. The fourth-order valence-corrected chi connectivity index (χ4v) is 1.89. The molecule has 6 heteroatoms. The molecule has 21 heavy (non-hydrogen) atoms. The van der Waals surface area contributed by atoms with Gasteiger partial charge < -0.3 is 15.2 Å². The van der Waals surface area contributed by atoms with Crippen LogP contribution in [0.1, 0.15) is 12.5 Å². The van der Waals surface area contributed by atoms with Gasteiger partial charge in [-0.05, 0) is 31.2 Å². The van der Waals surface area contributed by atoms with Gasteiger partial charge in [0.25, 0.3) is 0 Å². The van der Waals surface area contributed by atoms with Gasteiger partial charge in [0.05, 0.1) is 18.2 Å². The first kappa shape index (κ1) is 15.7. The third-order valence-corrected chi connectivity index (χ3v) is 3.35. The molecule has 0 amide bonds. The highest BCUT2D eigenvalue weighted by Crippen LogP contribution is 2.17. The summed E-state index contributed by atoms with van der Waals surface area (Å²) in [7, 11) is 0. The van der Waals surface area contributed by atoms with Crippen molar-refractivity contribution in [3.8, 4) is 5.75 Å². The molecule has 0 fully saturated rings. The molecule has 0 aliphatic rings. The number of alkyl halides is 1. The molecule has 0 saturated heterocycles. The van der Waals surface area contributed by atoms with Crippen molar-refractivity contribution in [1.29, 1.82) is 0 Å². The van der Waals surface area contributed by atoms with Gasteiger partial charge in [-0.25, -0.2) is 0 Å². The number of aliphatic hydroxyl groups is 1. The van der Waals surface area contributed by atoms with Crippen molar-refractivity contribution in [2.24, 2.45) is 0 Å². The quantitative estimate of drug-likeness (QED) is 0.736. The molecule has 1 heterocycles. The zero-order chi connectivity index (χ0) is 15.1. The predicted molar refractivity (Wildman–Crippen MR) is 83.9 cm³/mol. The molecule has 114 valence electrons. The number of aromatic nitrogens is 2. The molecule has 0 spiro atoms. The van der Waals surface area contributed by atoms with E-state index in [9.17, 15) is 5.11 Å². The molecule has 0 bridgehead atoms. The number of nitrogens with one attached hydrogen (secondary N) is 1. The van der Waals surface area contributed by atoms with Gasteiger partial charge in [0.15, 0.2) is 0 Å². The highest BCUT2D eigenvalue weighted by Gasteiger charge is 2.02. The number of nitrogens with zero attached hydrogens (tertiary/aromatic N) is 2. The third kappa shape index (κ3) is 4.95. The number of halogens is 1. The average molecular weight is 310 g/mol. The van der Waals surface area contributed by atoms with Crippen LogP contribution in [0, 0.1) is 0 Å². The lowest BCUT2D eigenvalue weighted by Gasteiger charge is -2.10. The Labute approximate surface area is 129 Å². The summed E-state index contributed by atoms with van der Waals surface area (Å²) in [5.41, 5.74) is 1.97. The first-order chi connectivity index (χ1) is 10.2. The van der Waals surface area contributed by atoms with E-state index in [1.807, 2.05) is 48.3 Å². The molecule has 1 atom stereocenters. The molecule has 2 rings (SSSR count). The molecule has 1 unspecified atom stereocenters. The molecule has 0 saturated carbocycles. The molecule has 5 nitrogen and oxygen atoms in total. The van der Waals surface area contributed by atoms with E-state index in [1.54, 1.807) is 0 Å². The van der Waals surface area contributed by atoms with Crippen LogP contribution in [0.5, 0.6) is 5.75 Å². The Hall–Kier alpha value is -1.72. The van der Waals surface area contributed by atoms with Crippen LogP contribution in [-0.2, 0) is 13.2 Å². The van der Waals surface area contributed by atoms with Crippen molar-refractivity contribution < 1.29 is 9.84 Å². The van der Waals surface area contributed by atoms with Crippen LogP contribution >= 0.6 is 11.6 Å². The van der Waals surface area contributed by atoms with E-state index < -0.39 is 6.10 Å². The van der Waals surface area contributed by atoms with E-state index in [4.69, 9.17) is 16.3 Å². The largest absolute Gasteiger partial charge is 0.489 e. The highest BCUT2D eigenvalue weighted by molar-refractivity contribution is 6.18. The Bertz CT molecular complexity index is 542. The summed E-state index contributed by atoms with van der Waals surface area (Å²) in [6.45, 7) is 3.83. The van der Waals surface area contributed by atoms with Crippen LogP contribution in [0.25, 0.3) is 0 Å². The van der Waals surface area contributed by atoms with Gasteiger partial charge in [-0.1, -0.05) is 0 Å². The van der Waals surface area contributed by atoms with Crippen LogP contribution in [-0.4, -0.2) is 33.4 Å². The molecule has 0 aliphatic heterocycles. The second-order valence-corrected chi connectivity index (χ2v) is 5.01. The van der Waals surface area contributed by atoms with Crippen molar-refractivity contribution >= 4 is 17.3 Å². The van der Waals surface area contributed by atoms with Crippen molar-refractivity contribution in [2.75, 3.05) is 17.7 Å². The Kier molecular flexibility index (Phi) is 5.90. The van der Waals surface area contributed by atoms with Gasteiger partial charge in [-0.2, -0.15) is 5.10 Å². The summed E-state index contributed by atoms with van der Waals surface area (Å²) < 4.78 is 7.57. The number of anilines is 1. The summed E-state index contributed by atoms with van der Waals surface area (Å²) in [4.78, 5) is 0. The van der Waals surface area contributed by atoms with Crippen molar-refractivity contribution in [3.63, 3.8) is 0 Å². The van der Waals surface area contributed by atoms with Crippen molar-refractivity contribution in [3.05, 3.63) is 42.2 Å². The standard InChI is InChI=1S/C15H20ClN3O2/c1-2-19-10-12(8-18-19)11-21-15-5-3-13(4-6-15)17-9-14(20)7-16/h3-6,8,10,14,17,20H,2,7,9,11H2,1H3. The average Bonchev–Trinajstić information content (AvgIpc) is 2.99. The summed E-state index contributed by atoms with van der Waals surface area (Å²) in [6, 6.07) is 7.59. The van der Waals surface area contributed by atoms with E-state index in [-0.39, 0.29) is 5.88 Å². The number of hydrogen-bond acceptors (Lipinski definition) is 4. The van der Waals surface area contributed by atoms with Gasteiger partial charge in [-0.3, -0.25) is 4.68 Å². The third-order valence-electron chi connectivity index (χ3n) is 2.99. The minimum atomic E-state index is -0.544. The summed E-state index contributed by atoms with van der Waals surface area (Å²) in [6.07, 6.45) is 3.24. The number of benzene rings is 1. The van der Waals surface area contributed by atoms with Crippen molar-refractivity contribution in [2.45, 2.75) is 26.2 Å². The first-order valence-corrected chi connectivity index (χ1v) is 7.46. The lowest BCUT2D eigenvalue weighted by atomic mass is 10.3. The van der Waals surface area contributed by atoms with Crippen LogP contribution in [0.2, 0.25) is 0 Å². The fourth-order valence-electron chi connectivity index (χ4n) is 1.78. The Balaban J connectivity index is 1.81. The lowest BCUT2D eigenvalue weighted by molar-refractivity contribution is 0.211. The van der Waals surface area contributed by atoms with Crippen LogP contribution in [0.15, 0.2) is 36.7 Å². The number of aryl methyl sites for hydroxylation is 1. The lowest BCUT2D eigenvalue weighted by Crippen LogP contribution is -2.20. The van der Waals surface area contributed by atoms with Crippen LogP contribution < -0.4 is 10.1 Å². The first-order valence-electron chi connectivity index (χ1n) is 6.93. The Morgan fingerprint density at radius 1 is 1.38 bits per heavy atom. The molecule has 1 aromatic heterocycles. The second-order valence-electron chi connectivity index (χ2n) is 4.71. The SMILES string of the molecule is CCn1cc(COc2ccc(NCC(O)CCl)cc2)cn1. The summed E-state index contributed by atoms with van der Waals surface area (Å²) in [5, 5.41) is 16.7. The number of rotatable bonds is 8. The van der Waals surface area contributed by atoms with Crippen LogP contribution in [0.3, 0.4) is 0 Å². The number of hydrogen-bond donors (Lipinski definition) is 2. The summed E-state index contributed by atoms with van der Waals surface area (Å²) >= 11 is 5.54. The Morgan fingerprint density at radius 3 is 2.76 bits per heavy atom. The predicted octanol–water partition coefficient (Wildman–Crippen LogP) is 2.49. The van der Waals surface area contributed by atoms with Gasteiger partial charge in [0, 0.05) is 30.5 Å². The van der Waals surface area contributed by atoms with E-state index >= 15 is 0 Å². The molecule has 1 aromatic carbocycles. The molecule has 2 aromatic rings. The normalized spacial score (nSPS) is 12.1. The van der Waals surface area contributed by atoms with Crippen molar-refractivity contribution in [1.82, 2.24) is 9.78 Å². The van der Waals surface area contributed by atoms with Gasteiger partial charge >= 0.3 is 0 Å². The smallest absolute Gasteiger partial charge is 0.119 e. The van der Waals surface area contributed by atoms with Gasteiger partial charge in [0.1, 0.15) is 12.4 Å². The topological polar surface area (TPSA) is 59.3 Å². The second kappa shape index (κ2) is 7.90. The fraction of sp³-hybridized carbons (Fsp3) is 0.400. The molecule has 2 N–H and O–H groups in total. The van der Waals surface area contributed by atoms with E-state index in [0.717, 1.165) is 23.5 Å². The number of aliphatic hydroxyl groups excluding tert-OH is 1. The monoisotopic (exact) mass is 309 g/mol. The Morgan fingerprint density at radius 2 is 2.14 bits per heavy atom. The number of ether oxygens (including phenoxy) is 1. The zero-order valence-corrected chi connectivity index (χ0v) is 12.8. The maximum Gasteiger partial charge on any atom is 0.119 e. The van der Waals surface area contributed by atoms with Gasteiger partial charge in [-0.15, -0.1) is 11.6 Å². The molecular formula is C15H20ClN3O2. The molecular weight excluding hydrogens is 290 g/mol. The van der Waals surface area contributed by atoms with Gasteiger partial charge in [0.2, 0.25) is 0 Å². The maximum absolute atomic E-state index is 9.38. The zero-order valence-electron chi connectivity index (χ0n) is 12.0. The molecule has 0 radical (unpaired) electrons. The minimum absolute atomic E-state index is 0.222. The van der Waals surface area contributed by atoms with E-state index in [0.29, 0.717) is 13.2 Å². The van der Waals surface area contributed by atoms with E-state index in [2.05, 4.69) is 10.4 Å².